The molecule has 1 N–H and O–H groups in total. The molecule has 0 unspecified atom stereocenters. The molecule has 0 aliphatic heterocycles. The van der Waals surface area contributed by atoms with E-state index >= 15 is 9.13 Å². The Morgan fingerprint density at radius 1 is 0.640 bits per heavy atom. The molecular weight excluding hydrogens is 709 g/mol. The molecule has 2 aromatic carbocycles. The van der Waals surface area contributed by atoms with E-state index in [4.69, 9.17) is 32.7 Å². The summed E-state index contributed by atoms with van der Waals surface area (Å²) in [4.78, 5) is 12.9. The molecule has 0 spiro atoms. The van der Waals surface area contributed by atoms with E-state index in [0.717, 1.165) is 128 Å². The summed E-state index contributed by atoms with van der Waals surface area (Å²) in [6.45, 7) is 1.61. The molecule has 10 heteroatoms. The van der Waals surface area contributed by atoms with E-state index in [0.29, 0.717) is 21.7 Å². The Hall–Kier alpha value is -1.45. The lowest BCUT2D eigenvalue weighted by Gasteiger charge is -2.41. The fourth-order valence-corrected chi connectivity index (χ4v) is 19.3. The van der Waals surface area contributed by atoms with Crippen LogP contribution < -0.4 is 15.3 Å². The van der Waals surface area contributed by atoms with E-state index < -0.39 is 26.4 Å². The summed E-state index contributed by atoms with van der Waals surface area (Å²) in [5.41, 5.74) is 0.700. The maximum absolute atomic E-state index is 16.4. The number of benzene rings is 2. The number of hydrogen-bond donors (Lipinski definition) is 1. The highest BCUT2D eigenvalue weighted by Gasteiger charge is 2.48. The van der Waals surface area contributed by atoms with Gasteiger partial charge in [-0.2, -0.15) is 0 Å². The number of aromatic hydroxyl groups is 1. The summed E-state index contributed by atoms with van der Waals surface area (Å²) in [5.74, 6) is -0.591. The molecule has 6 nitrogen and oxygen atoms in total. The van der Waals surface area contributed by atoms with Crippen LogP contribution >= 0.6 is 37.5 Å². The first-order valence-electron chi connectivity index (χ1n) is 19.4. The summed E-state index contributed by atoms with van der Waals surface area (Å²) < 4.78 is 44.3. The van der Waals surface area contributed by atoms with Gasteiger partial charge in [0.25, 0.3) is 0 Å². The number of hydrogen-bond acceptors (Lipinski definition) is 6. The zero-order valence-electron chi connectivity index (χ0n) is 30.0. The zero-order chi connectivity index (χ0) is 35.5. The standard InChI is InChI=1S/C40H56Cl2O6P2/c1-27(40(44)47-2)48-39-33(42)24-26-35(50(46,30-19-11-5-12-20-30)31-21-13-6-14-22-31)37(39)36-34(25-23-32(41)38(36)43)49(45,28-15-7-3-8-16-28)29-17-9-4-10-18-29/h23-31,43H,3-22H2,1-2H3/t27-/m0/s1. The van der Waals surface area contributed by atoms with E-state index in [1.165, 1.54) is 7.11 Å². The predicted octanol–water partition coefficient (Wildman–Crippen LogP) is 11.6. The smallest absolute Gasteiger partial charge is 0.346 e. The molecule has 4 aliphatic carbocycles. The average Bonchev–Trinajstić information content (AvgIpc) is 3.17. The first-order chi connectivity index (χ1) is 24.1. The molecule has 1 atom stereocenters. The second-order valence-electron chi connectivity index (χ2n) is 15.4. The van der Waals surface area contributed by atoms with Crippen LogP contribution in [0.5, 0.6) is 11.5 Å². The minimum Gasteiger partial charge on any atom is -0.506 e. The van der Waals surface area contributed by atoms with Crippen molar-refractivity contribution in [2.75, 3.05) is 7.11 Å². The van der Waals surface area contributed by atoms with Crippen molar-refractivity contribution >= 4 is 54.1 Å². The Morgan fingerprint density at radius 2 is 1.00 bits per heavy atom. The van der Waals surface area contributed by atoms with Crippen LogP contribution in [0.2, 0.25) is 10.0 Å². The lowest BCUT2D eigenvalue weighted by atomic mass is 9.99. The van der Waals surface area contributed by atoms with Gasteiger partial charge in [0, 0.05) is 44.4 Å². The Labute approximate surface area is 309 Å². The maximum Gasteiger partial charge on any atom is 0.346 e. The minimum absolute atomic E-state index is 0.0110. The summed E-state index contributed by atoms with van der Waals surface area (Å²) in [7, 11) is -5.11. The first kappa shape index (κ1) is 38.3. The van der Waals surface area contributed by atoms with Crippen molar-refractivity contribution in [1.82, 2.24) is 0 Å². The van der Waals surface area contributed by atoms with Gasteiger partial charge in [0.1, 0.15) is 25.8 Å². The second kappa shape index (κ2) is 16.7. The van der Waals surface area contributed by atoms with Crippen molar-refractivity contribution in [3.8, 4) is 22.6 Å². The topological polar surface area (TPSA) is 89.9 Å². The van der Waals surface area contributed by atoms with E-state index in [1.807, 2.05) is 12.1 Å². The molecule has 50 heavy (non-hydrogen) atoms. The van der Waals surface area contributed by atoms with Gasteiger partial charge in [-0.05, 0) is 82.6 Å². The Kier molecular flexibility index (Phi) is 12.8. The van der Waals surface area contributed by atoms with Crippen LogP contribution in [-0.4, -0.2) is 46.9 Å². The lowest BCUT2D eigenvalue weighted by Crippen LogP contribution is -2.34. The minimum atomic E-state index is -3.22. The van der Waals surface area contributed by atoms with Crippen molar-refractivity contribution in [2.24, 2.45) is 0 Å². The molecule has 4 saturated carbocycles. The molecule has 0 bridgehead atoms. The van der Waals surface area contributed by atoms with E-state index in [1.54, 1.807) is 19.1 Å². The maximum atomic E-state index is 16.4. The van der Waals surface area contributed by atoms with E-state index in [-0.39, 0.29) is 44.2 Å². The summed E-state index contributed by atoms with van der Waals surface area (Å²) >= 11 is 13.9. The molecule has 276 valence electrons. The van der Waals surface area contributed by atoms with Gasteiger partial charge in [0.05, 0.1) is 17.2 Å². The van der Waals surface area contributed by atoms with Crippen molar-refractivity contribution < 1.29 is 28.5 Å². The predicted molar refractivity (Wildman–Crippen MR) is 208 cm³/mol. The van der Waals surface area contributed by atoms with Gasteiger partial charge < -0.3 is 23.7 Å². The van der Waals surface area contributed by atoms with Gasteiger partial charge in [-0.1, -0.05) is 100 Å². The fraction of sp³-hybridized carbons (Fsp3) is 0.675. The highest BCUT2D eigenvalue weighted by Crippen LogP contribution is 2.67. The number of esters is 1. The molecule has 4 aliphatic rings. The highest BCUT2D eigenvalue weighted by atomic mass is 35.5. The van der Waals surface area contributed by atoms with Crippen LogP contribution in [0.25, 0.3) is 11.1 Å². The summed E-state index contributed by atoms with van der Waals surface area (Å²) in [6, 6.07) is 7.19. The lowest BCUT2D eigenvalue weighted by molar-refractivity contribution is -0.147. The number of halogens is 2. The van der Waals surface area contributed by atoms with Crippen molar-refractivity contribution in [3.63, 3.8) is 0 Å². The summed E-state index contributed by atoms with van der Waals surface area (Å²) in [5, 5.41) is 13.9. The monoisotopic (exact) mass is 764 g/mol. The van der Waals surface area contributed by atoms with Crippen LogP contribution in [0, 0.1) is 0 Å². The number of methoxy groups -OCH3 is 1. The van der Waals surface area contributed by atoms with Crippen LogP contribution in [0.15, 0.2) is 24.3 Å². The molecule has 0 aromatic heterocycles. The van der Waals surface area contributed by atoms with Crippen LogP contribution in [0.3, 0.4) is 0 Å². The Morgan fingerprint density at radius 3 is 1.38 bits per heavy atom. The Balaban J connectivity index is 1.69. The van der Waals surface area contributed by atoms with E-state index in [9.17, 15) is 9.90 Å². The largest absolute Gasteiger partial charge is 0.506 e. The molecule has 4 fully saturated rings. The highest BCUT2D eigenvalue weighted by molar-refractivity contribution is 7.74. The number of carbonyl (C=O) groups excluding carboxylic acids is 1. The zero-order valence-corrected chi connectivity index (χ0v) is 33.3. The Bertz CT molecular complexity index is 1560. The number of carbonyl (C=O) groups is 1. The van der Waals surface area contributed by atoms with Gasteiger partial charge in [-0.15, -0.1) is 0 Å². The number of phenolic OH excluding ortho intramolecular Hbond substituents is 1. The quantitative estimate of drug-likeness (QED) is 0.191. The molecule has 0 saturated heterocycles. The van der Waals surface area contributed by atoms with Crippen molar-refractivity contribution in [1.29, 1.82) is 0 Å². The third kappa shape index (κ3) is 7.36. The van der Waals surface area contributed by atoms with Gasteiger partial charge in [-0.25, -0.2) is 4.79 Å². The number of rotatable bonds is 10. The normalized spacial score (nSPS) is 21.5. The third-order valence-corrected chi connectivity index (χ3v) is 21.8. The molecule has 2 aromatic rings. The van der Waals surface area contributed by atoms with Gasteiger partial charge in [-0.3, -0.25) is 0 Å². The van der Waals surface area contributed by atoms with Crippen molar-refractivity contribution in [3.05, 3.63) is 34.3 Å². The molecule has 6 rings (SSSR count). The van der Waals surface area contributed by atoms with Crippen LogP contribution in [0.4, 0.5) is 0 Å². The summed E-state index contributed by atoms with van der Waals surface area (Å²) in [6.07, 6.45) is 18.7. The van der Waals surface area contributed by atoms with Crippen LogP contribution in [0.1, 0.15) is 135 Å². The third-order valence-electron chi connectivity index (χ3n) is 12.5. The molecular formula is C40H56Cl2O6P2. The molecule has 0 radical (unpaired) electrons. The van der Waals surface area contributed by atoms with Crippen molar-refractivity contribution in [2.45, 2.75) is 164 Å². The fourth-order valence-electron chi connectivity index (χ4n) is 9.92. The van der Waals surface area contributed by atoms with Gasteiger partial charge in [0.15, 0.2) is 6.10 Å². The molecule has 0 heterocycles. The van der Waals surface area contributed by atoms with Gasteiger partial charge in [0.2, 0.25) is 0 Å². The molecule has 0 amide bonds. The first-order valence-corrected chi connectivity index (χ1v) is 23.9. The number of phenols is 1. The van der Waals surface area contributed by atoms with E-state index in [2.05, 4.69) is 0 Å². The SMILES string of the molecule is COC(=O)[C@H](C)Oc1c(Cl)ccc(P(=O)(C2CCCCC2)C2CCCCC2)c1-c1c(P(=O)(C2CCCCC2)C2CCCCC2)ccc(Cl)c1O. The van der Waals surface area contributed by atoms with Crippen LogP contribution in [-0.2, 0) is 18.7 Å². The average molecular weight is 766 g/mol. The number of ether oxygens (including phenoxy) is 2. The second-order valence-corrected chi connectivity index (χ2v) is 23.0. The van der Waals surface area contributed by atoms with Gasteiger partial charge >= 0.3 is 5.97 Å².